The molecule has 0 spiro atoms. The van der Waals surface area contributed by atoms with Gasteiger partial charge >= 0.3 is 5.97 Å². The van der Waals surface area contributed by atoms with Crippen LogP contribution < -0.4 is 0 Å². The molecular weight excluding hydrogens is 278 g/mol. The fraction of sp³-hybridized carbons (Fsp3) is 0.500. The van der Waals surface area contributed by atoms with Gasteiger partial charge in [0.15, 0.2) is 0 Å². The number of aliphatic carboxylic acids is 1. The van der Waals surface area contributed by atoms with E-state index in [1.807, 2.05) is 13.0 Å². The predicted octanol–water partition coefficient (Wildman–Crippen LogP) is 2.01. The maximum atomic E-state index is 12.7. The van der Waals surface area contributed by atoms with Crippen molar-refractivity contribution in [3.8, 4) is 0 Å². The third-order valence-electron chi connectivity index (χ3n) is 3.58. The number of carbonyl (C=O) groups is 1. The third-order valence-corrected chi connectivity index (χ3v) is 5.49. The topological polar surface area (TPSA) is 74.7 Å². The molecule has 1 N–H and O–H groups in total. The third kappa shape index (κ3) is 3.02. The van der Waals surface area contributed by atoms with E-state index in [1.54, 1.807) is 12.1 Å². The lowest BCUT2D eigenvalue weighted by Crippen LogP contribution is -2.44. The Bertz CT molecular complexity index is 597. The molecule has 0 saturated carbocycles. The molecule has 20 heavy (non-hydrogen) atoms. The minimum atomic E-state index is -3.75. The molecular formula is C14H19NO4S. The average molecular weight is 297 g/mol. The number of carboxylic acid groups (broad SMARTS) is 1. The number of nitrogens with zero attached hydrogens (tertiary/aromatic N) is 1. The first kappa shape index (κ1) is 15.0. The van der Waals surface area contributed by atoms with Crippen LogP contribution in [0.15, 0.2) is 29.2 Å². The quantitative estimate of drug-likeness (QED) is 0.926. The van der Waals surface area contributed by atoms with Crippen molar-refractivity contribution in [2.24, 2.45) is 0 Å². The van der Waals surface area contributed by atoms with Gasteiger partial charge < -0.3 is 5.11 Å². The monoisotopic (exact) mass is 297 g/mol. The van der Waals surface area contributed by atoms with Gasteiger partial charge in [0.25, 0.3) is 0 Å². The second-order valence-electron chi connectivity index (χ2n) is 5.14. The second kappa shape index (κ2) is 5.93. The van der Waals surface area contributed by atoms with Gasteiger partial charge in [-0.3, -0.25) is 4.79 Å². The van der Waals surface area contributed by atoms with Gasteiger partial charge in [0, 0.05) is 6.54 Å². The van der Waals surface area contributed by atoms with Crippen LogP contribution in [-0.2, 0) is 14.8 Å². The highest BCUT2D eigenvalue weighted by Gasteiger charge is 2.36. The van der Waals surface area contributed by atoms with Gasteiger partial charge in [0.05, 0.1) is 4.90 Å². The van der Waals surface area contributed by atoms with Crippen LogP contribution in [0.1, 0.15) is 31.2 Å². The van der Waals surface area contributed by atoms with E-state index in [4.69, 9.17) is 0 Å². The van der Waals surface area contributed by atoms with Crippen LogP contribution in [0.5, 0.6) is 0 Å². The predicted molar refractivity (Wildman–Crippen MR) is 75.0 cm³/mol. The van der Waals surface area contributed by atoms with Gasteiger partial charge in [-0.25, -0.2) is 8.42 Å². The summed E-state index contributed by atoms with van der Waals surface area (Å²) < 4.78 is 26.5. The van der Waals surface area contributed by atoms with Crippen molar-refractivity contribution in [2.75, 3.05) is 6.54 Å². The number of rotatable bonds is 3. The molecule has 1 aliphatic rings. The first-order valence-electron chi connectivity index (χ1n) is 6.74. The Hall–Kier alpha value is -1.40. The lowest BCUT2D eigenvalue weighted by Gasteiger charge is -2.26. The molecule has 0 aromatic heterocycles. The number of carboxylic acids is 1. The van der Waals surface area contributed by atoms with Crippen LogP contribution in [0.4, 0.5) is 0 Å². The number of hydrogen-bond acceptors (Lipinski definition) is 3. The van der Waals surface area contributed by atoms with E-state index in [0.717, 1.165) is 22.7 Å². The van der Waals surface area contributed by atoms with Crippen molar-refractivity contribution in [2.45, 2.75) is 43.5 Å². The summed E-state index contributed by atoms with van der Waals surface area (Å²) in [5.74, 6) is -1.07. The van der Waals surface area contributed by atoms with Crippen molar-refractivity contribution < 1.29 is 18.3 Å². The summed E-state index contributed by atoms with van der Waals surface area (Å²) in [6.45, 7) is 2.09. The lowest BCUT2D eigenvalue weighted by atomic mass is 10.1. The maximum Gasteiger partial charge on any atom is 0.322 e. The highest BCUT2D eigenvalue weighted by Crippen LogP contribution is 2.25. The molecule has 1 aliphatic heterocycles. The molecule has 110 valence electrons. The van der Waals surface area contributed by atoms with Gasteiger partial charge in [0.1, 0.15) is 6.04 Å². The van der Waals surface area contributed by atoms with Crippen molar-refractivity contribution in [1.29, 1.82) is 0 Å². The van der Waals surface area contributed by atoms with E-state index in [9.17, 15) is 18.3 Å². The van der Waals surface area contributed by atoms with Crippen molar-refractivity contribution >= 4 is 16.0 Å². The molecule has 6 heteroatoms. The van der Waals surface area contributed by atoms with Gasteiger partial charge in [-0.05, 0) is 37.5 Å². The number of sulfonamides is 1. The minimum absolute atomic E-state index is 0.172. The fourth-order valence-electron chi connectivity index (χ4n) is 2.53. The molecule has 2 rings (SSSR count). The van der Waals surface area contributed by atoms with Crippen molar-refractivity contribution in [3.05, 3.63) is 29.8 Å². The van der Waals surface area contributed by atoms with E-state index in [-0.39, 0.29) is 11.4 Å². The molecule has 1 unspecified atom stereocenters. The van der Waals surface area contributed by atoms with Gasteiger partial charge in [-0.1, -0.05) is 25.0 Å². The normalized spacial score (nSPS) is 21.4. The zero-order valence-electron chi connectivity index (χ0n) is 11.4. The number of benzene rings is 1. The Balaban J connectivity index is 2.42. The summed E-state index contributed by atoms with van der Waals surface area (Å²) in [6.07, 6.45) is 2.69. The highest BCUT2D eigenvalue weighted by atomic mass is 32.2. The maximum absolute atomic E-state index is 12.7. The Labute approximate surface area is 119 Å². The van der Waals surface area contributed by atoms with Crippen LogP contribution in [0.25, 0.3) is 0 Å². The van der Waals surface area contributed by atoms with Crippen LogP contribution in [0.3, 0.4) is 0 Å². The highest BCUT2D eigenvalue weighted by molar-refractivity contribution is 7.89. The van der Waals surface area contributed by atoms with Gasteiger partial charge in [-0.2, -0.15) is 4.31 Å². The molecule has 1 aromatic rings. The number of hydrogen-bond donors (Lipinski definition) is 1. The fourth-order valence-corrected chi connectivity index (χ4v) is 4.28. The van der Waals surface area contributed by atoms with E-state index in [2.05, 4.69) is 0 Å². The lowest BCUT2D eigenvalue weighted by molar-refractivity contribution is -0.141. The van der Waals surface area contributed by atoms with Crippen molar-refractivity contribution in [3.63, 3.8) is 0 Å². The van der Waals surface area contributed by atoms with Crippen LogP contribution in [0, 0.1) is 6.92 Å². The molecule has 1 fully saturated rings. The van der Waals surface area contributed by atoms with E-state index in [1.165, 1.54) is 6.07 Å². The summed E-state index contributed by atoms with van der Waals surface area (Å²) in [7, 11) is -3.75. The molecule has 1 aromatic carbocycles. The Morgan fingerprint density at radius 1 is 1.30 bits per heavy atom. The zero-order valence-corrected chi connectivity index (χ0v) is 12.3. The SMILES string of the molecule is Cc1cccc(S(=O)(=O)N2CCCCCC2C(=O)O)c1. The summed E-state index contributed by atoms with van der Waals surface area (Å²) in [5.41, 5.74) is 0.841. The molecule has 5 nitrogen and oxygen atoms in total. The first-order valence-corrected chi connectivity index (χ1v) is 8.18. The average Bonchev–Trinajstić information content (AvgIpc) is 2.64. The summed E-state index contributed by atoms with van der Waals surface area (Å²) in [6, 6.07) is 5.64. The van der Waals surface area contributed by atoms with Crippen molar-refractivity contribution in [1.82, 2.24) is 4.31 Å². The van der Waals surface area contributed by atoms with E-state index < -0.39 is 22.0 Å². The summed E-state index contributed by atoms with van der Waals surface area (Å²) in [5, 5.41) is 9.29. The largest absolute Gasteiger partial charge is 0.480 e. The van der Waals surface area contributed by atoms with Crippen LogP contribution in [-0.4, -0.2) is 36.4 Å². The van der Waals surface area contributed by atoms with E-state index in [0.29, 0.717) is 12.8 Å². The smallest absolute Gasteiger partial charge is 0.322 e. The standard InChI is InChI=1S/C14H19NO4S/c1-11-6-5-7-12(10-11)20(18,19)15-9-4-2-3-8-13(15)14(16)17/h5-7,10,13H,2-4,8-9H2,1H3,(H,16,17). The molecule has 0 aliphatic carbocycles. The molecule has 0 radical (unpaired) electrons. The molecule has 0 bridgehead atoms. The molecule has 0 amide bonds. The summed E-state index contributed by atoms with van der Waals surface area (Å²) in [4.78, 5) is 11.5. The van der Waals surface area contributed by atoms with Crippen LogP contribution >= 0.6 is 0 Å². The molecule has 1 atom stereocenters. The second-order valence-corrected chi connectivity index (χ2v) is 7.03. The van der Waals surface area contributed by atoms with E-state index >= 15 is 0 Å². The minimum Gasteiger partial charge on any atom is -0.480 e. The van der Waals surface area contributed by atoms with Gasteiger partial charge in [0.2, 0.25) is 10.0 Å². The number of aryl methyl sites for hydroxylation is 1. The molecule has 1 heterocycles. The van der Waals surface area contributed by atoms with Gasteiger partial charge in [-0.15, -0.1) is 0 Å². The summed E-state index contributed by atoms with van der Waals surface area (Å²) >= 11 is 0. The van der Waals surface area contributed by atoms with Crippen LogP contribution in [0.2, 0.25) is 0 Å². The Kier molecular flexibility index (Phi) is 4.45. The molecule has 1 saturated heterocycles. The zero-order chi connectivity index (χ0) is 14.8. The Morgan fingerprint density at radius 3 is 2.70 bits per heavy atom. The Morgan fingerprint density at radius 2 is 2.05 bits per heavy atom. The first-order chi connectivity index (χ1) is 9.43.